The molecule has 1 aromatic heterocycles. The van der Waals surface area contributed by atoms with E-state index in [0.717, 1.165) is 46.9 Å². The minimum Gasteiger partial charge on any atom is -0.492 e. The third-order valence-corrected chi connectivity index (χ3v) is 3.84. The van der Waals surface area contributed by atoms with Crippen LogP contribution in [0.25, 0.3) is 22.4 Å². The maximum absolute atomic E-state index is 5.84. The Balaban J connectivity index is 1.92. The van der Waals surface area contributed by atoms with Gasteiger partial charge in [0, 0.05) is 23.6 Å². The van der Waals surface area contributed by atoms with Gasteiger partial charge in [0.25, 0.3) is 0 Å². The van der Waals surface area contributed by atoms with Gasteiger partial charge in [-0.25, -0.2) is 0 Å². The molecule has 0 bridgehead atoms. The number of aromatic nitrogens is 1. The Morgan fingerprint density at radius 1 is 0.952 bits per heavy atom. The first kappa shape index (κ1) is 12.2. The molecule has 0 saturated carbocycles. The molecular weight excluding hydrogens is 262 g/mol. The van der Waals surface area contributed by atoms with Crippen LogP contribution in [-0.4, -0.2) is 11.8 Å². The van der Waals surface area contributed by atoms with E-state index in [-0.39, 0.29) is 0 Å². The van der Waals surface area contributed by atoms with Crippen LogP contribution in [0.1, 0.15) is 11.3 Å². The summed E-state index contributed by atoms with van der Waals surface area (Å²) >= 11 is 0. The van der Waals surface area contributed by atoms with Gasteiger partial charge in [0.15, 0.2) is 0 Å². The summed E-state index contributed by atoms with van der Waals surface area (Å²) in [5.74, 6) is 1.82. The average Bonchev–Trinajstić information content (AvgIpc) is 3.15. The van der Waals surface area contributed by atoms with Crippen molar-refractivity contribution in [3.63, 3.8) is 0 Å². The summed E-state index contributed by atoms with van der Waals surface area (Å²) in [5.41, 5.74) is 5.46. The zero-order valence-corrected chi connectivity index (χ0v) is 11.8. The summed E-state index contributed by atoms with van der Waals surface area (Å²) in [6.45, 7) is 2.67. The van der Waals surface area contributed by atoms with E-state index in [9.17, 15) is 0 Å². The number of hydrogen-bond donors (Lipinski definition) is 0. The minimum atomic E-state index is 0.761. The number of benzene rings is 2. The summed E-state index contributed by atoms with van der Waals surface area (Å²) in [6, 6.07) is 16.5. The van der Waals surface area contributed by atoms with E-state index in [0.29, 0.717) is 0 Å². The highest BCUT2D eigenvalue weighted by molar-refractivity contribution is 5.85. The summed E-state index contributed by atoms with van der Waals surface area (Å²) in [7, 11) is 0. The second-order valence-corrected chi connectivity index (χ2v) is 5.26. The first-order chi connectivity index (χ1) is 10.3. The molecule has 1 aliphatic heterocycles. The van der Waals surface area contributed by atoms with Gasteiger partial charge in [-0.15, -0.1) is 0 Å². The summed E-state index contributed by atoms with van der Waals surface area (Å²) in [6.07, 6.45) is 0.981. The number of aryl methyl sites for hydroxylation is 1. The van der Waals surface area contributed by atoms with Crippen molar-refractivity contribution in [2.24, 2.45) is 0 Å². The van der Waals surface area contributed by atoms with Crippen LogP contribution in [-0.2, 0) is 6.42 Å². The molecule has 3 heteroatoms. The largest absolute Gasteiger partial charge is 0.492 e. The minimum absolute atomic E-state index is 0.761. The zero-order chi connectivity index (χ0) is 14.2. The highest BCUT2D eigenvalue weighted by Crippen LogP contribution is 2.40. The quantitative estimate of drug-likeness (QED) is 0.702. The van der Waals surface area contributed by atoms with Crippen LogP contribution >= 0.6 is 0 Å². The lowest BCUT2D eigenvalue weighted by Crippen LogP contribution is -1.90. The Kier molecular flexibility index (Phi) is 2.78. The SMILES string of the molecule is Cc1cc(-c2ccccc2-c2cccc3c2OCC3)no1. The molecule has 0 saturated heterocycles. The van der Waals surface area contributed by atoms with Gasteiger partial charge in [-0.2, -0.15) is 0 Å². The van der Waals surface area contributed by atoms with Gasteiger partial charge in [-0.05, 0) is 18.1 Å². The highest BCUT2D eigenvalue weighted by atomic mass is 16.5. The Labute approximate surface area is 123 Å². The molecule has 104 valence electrons. The lowest BCUT2D eigenvalue weighted by molar-refractivity contribution is 0.358. The average molecular weight is 277 g/mol. The van der Waals surface area contributed by atoms with Gasteiger partial charge in [0.2, 0.25) is 0 Å². The van der Waals surface area contributed by atoms with Crippen LogP contribution < -0.4 is 4.74 Å². The van der Waals surface area contributed by atoms with E-state index in [4.69, 9.17) is 9.26 Å². The van der Waals surface area contributed by atoms with Crippen molar-refractivity contribution in [3.05, 3.63) is 59.9 Å². The molecule has 0 N–H and O–H groups in total. The molecule has 0 atom stereocenters. The van der Waals surface area contributed by atoms with Crippen molar-refractivity contribution < 1.29 is 9.26 Å². The molecule has 2 heterocycles. The van der Waals surface area contributed by atoms with E-state index in [1.807, 2.05) is 25.1 Å². The van der Waals surface area contributed by atoms with Crippen molar-refractivity contribution in [1.82, 2.24) is 5.16 Å². The molecular formula is C18H15NO2. The third-order valence-electron chi connectivity index (χ3n) is 3.84. The second-order valence-electron chi connectivity index (χ2n) is 5.26. The van der Waals surface area contributed by atoms with E-state index < -0.39 is 0 Å². The number of nitrogens with zero attached hydrogens (tertiary/aromatic N) is 1. The van der Waals surface area contributed by atoms with Crippen molar-refractivity contribution >= 4 is 0 Å². The topological polar surface area (TPSA) is 35.3 Å². The first-order valence-electron chi connectivity index (χ1n) is 7.11. The third kappa shape index (κ3) is 2.02. The molecule has 0 unspecified atom stereocenters. The predicted octanol–water partition coefficient (Wildman–Crippen LogP) is 4.25. The molecule has 1 aliphatic rings. The van der Waals surface area contributed by atoms with Crippen molar-refractivity contribution in [3.8, 4) is 28.1 Å². The molecule has 0 fully saturated rings. The first-order valence-corrected chi connectivity index (χ1v) is 7.11. The maximum Gasteiger partial charge on any atom is 0.134 e. The smallest absolute Gasteiger partial charge is 0.134 e. The fourth-order valence-corrected chi connectivity index (χ4v) is 2.86. The molecule has 21 heavy (non-hydrogen) atoms. The lowest BCUT2D eigenvalue weighted by atomic mass is 9.95. The molecule has 0 aliphatic carbocycles. The molecule has 0 amide bonds. The summed E-state index contributed by atoms with van der Waals surface area (Å²) in [4.78, 5) is 0. The Hall–Kier alpha value is -2.55. The Morgan fingerprint density at radius 3 is 2.57 bits per heavy atom. The normalized spacial score (nSPS) is 13.0. The fourth-order valence-electron chi connectivity index (χ4n) is 2.86. The molecule has 2 aromatic carbocycles. The fraction of sp³-hybridized carbons (Fsp3) is 0.167. The van der Waals surface area contributed by atoms with Crippen LogP contribution in [0.5, 0.6) is 5.75 Å². The molecule has 4 rings (SSSR count). The van der Waals surface area contributed by atoms with Crippen LogP contribution in [0.4, 0.5) is 0 Å². The number of rotatable bonds is 2. The summed E-state index contributed by atoms with van der Waals surface area (Å²) in [5, 5.41) is 4.15. The molecule has 3 nitrogen and oxygen atoms in total. The second kappa shape index (κ2) is 4.77. The van der Waals surface area contributed by atoms with Gasteiger partial charge in [0.1, 0.15) is 17.2 Å². The number of hydrogen-bond acceptors (Lipinski definition) is 3. The van der Waals surface area contributed by atoms with Crippen molar-refractivity contribution in [2.45, 2.75) is 13.3 Å². The number of fused-ring (bicyclic) bond motifs is 1. The Morgan fingerprint density at radius 2 is 1.76 bits per heavy atom. The van der Waals surface area contributed by atoms with Gasteiger partial charge >= 0.3 is 0 Å². The van der Waals surface area contributed by atoms with Crippen LogP contribution in [0.2, 0.25) is 0 Å². The van der Waals surface area contributed by atoms with Gasteiger partial charge in [-0.3, -0.25) is 0 Å². The van der Waals surface area contributed by atoms with E-state index in [1.165, 1.54) is 5.56 Å². The molecule has 0 spiro atoms. The van der Waals surface area contributed by atoms with Crippen LogP contribution in [0.3, 0.4) is 0 Å². The Bertz CT molecular complexity index is 804. The van der Waals surface area contributed by atoms with Gasteiger partial charge < -0.3 is 9.26 Å². The molecule has 3 aromatic rings. The van der Waals surface area contributed by atoms with E-state index >= 15 is 0 Å². The highest BCUT2D eigenvalue weighted by Gasteiger charge is 2.19. The monoisotopic (exact) mass is 277 g/mol. The van der Waals surface area contributed by atoms with Crippen LogP contribution in [0, 0.1) is 6.92 Å². The predicted molar refractivity (Wildman–Crippen MR) is 81.3 cm³/mol. The van der Waals surface area contributed by atoms with Gasteiger partial charge in [0.05, 0.1) is 6.61 Å². The van der Waals surface area contributed by atoms with E-state index in [1.54, 1.807) is 0 Å². The van der Waals surface area contributed by atoms with E-state index in [2.05, 4.69) is 35.5 Å². The summed E-state index contributed by atoms with van der Waals surface area (Å²) < 4.78 is 11.1. The van der Waals surface area contributed by atoms with Crippen LogP contribution in [0.15, 0.2) is 53.1 Å². The number of para-hydroxylation sites is 1. The lowest BCUT2D eigenvalue weighted by Gasteiger charge is -2.11. The molecule has 0 radical (unpaired) electrons. The van der Waals surface area contributed by atoms with Crippen molar-refractivity contribution in [1.29, 1.82) is 0 Å². The maximum atomic E-state index is 5.84. The van der Waals surface area contributed by atoms with Crippen molar-refractivity contribution in [2.75, 3.05) is 6.61 Å². The van der Waals surface area contributed by atoms with Gasteiger partial charge in [-0.1, -0.05) is 47.6 Å². The zero-order valence-electron chi connectivity index (χ0n) is 11.8. The standard InChI is InChI=1S/C18H15NO2/c1-12-11-17(19-21-12)15-7-3-2-6-14(15)16-8-4-5-13-9-10-20-18(13)16/h2-8,11H,9-10H2,1H3. The number of ether oxygens (including phenoxy) is 1.